The molecule has 0 saturated carbocycles. The van der Waals surface area contributed by atoms with Gasteiger partial charge in [0.25, 0.3) is 0 Å². The van der Waals surface area contributed by atoms with Crippen LogP contribution in [0.3, 0.4) is 0 Å². The van der Waals surface area contributed by atoms with Gasteiger partial charge in [-0.3, -0.25) is 5.10 Å². The molecule has 4 rings (SSSR count). The summed E-state index contributed by atoms with van der Waals surface area (Å²) in [5, 5.41) is 8.12. The number of hydrogen-bond donors (Lipinski definition) is 2. The maximum atomic E-state index is 8.12. The molecule has 3 aromatic heterocycles. The van der Waals surface area contributed by atoms with Crippen LogP contribution >= 0.6 is 0 Å². The van der Waals surface area contributed by atoms with Crippen molar-refractivity contribution in [3.63, 3.8) is 0 Å². The molecule has 0 spiro atoms. The number of nitrogens with one attached hydrogen (secondary N) is 2. The van der Waals surface area contributed by atoms with E-state index in [9.17, 15) is 0 Å². The van der Waals surface area contributed by atoms with Gasteiger partial charge in [0.05, 0.1) is 11.0 Å². The Hall–Kier alpha value is -3.31. The standard InChI is InChI=1S/C13H9N5.CO2/c1-2-6-10-9(5-1)15-13(16-10)11-8-4-3-7-14-12(8)18-17-11;2-1-3/h1-7H,(H,15,16)(H,14,17,18);. The van der Waals surface area contributed by atoms with Crippen LogP contribution in [0, 0.1) is 0 Å². The molecular weight excluding hydrogens is 270 g/mol. The molecular formula is C14H9N5O2. The lowest BCUT2D eigenvalue weighted by atomic mass is 10.2. The van der Waals surface area contributed by atoms with Crippen molar-refractivity contribution in [3.8, 4) is 11.5 Å². The predicted molar refractivity (Wildman–Crippen MR) is 74.0 cm³/mol. The Morgan fingerprint density at radius 3 is 2.67 bits per heavy atom. The maximum Gasteiger partial charge on any atom is 0.373 e. The molecule has 0 saturated heterocycles. The number of carbonyl (C=O) groups excluding carboxylic acids is 2. The Morgan fingerprint density at radius 1 is 1.05 bits per heavy atom. The number of imidazole rings is 1. The maximum absolute atomic E-state index is 8.12. The van der Waals surface area contributed by atoms with Crippen LogP contribution in [0.1, 0.15) is 0 Å². The highest BCUT2D eigenvalue weighted by atomic mass is 16.2. The molecule has 4 aromatic rings. The zero-order valence-electron chi connectivity index (χ0n) is 10.7. The summed E-state index contributed by atoms with van der Waals surface area (Å²) in [6, 6.07) is 11.8. The molecule has 7 nitrogen and oxygen atoms in total. The third-order valence-corrected chi connectivity index (χ3v) is 2.96. The van der Waals surface area contributed by atoms with E-state index in [1.54, 1.807) is 6.20 Å². The van der Waals surface area contributed by atoms with Crippen LogP contribution in [-0.4, -0.2) is 31.3 Å². The molecule has 0 radical (unpaired) electrons. The molecule has 0 fully saturated rings. The molecule has 0 amide bonds. The first-order valence-electron chi connectivity index (χ1n) is 6.07. The van der Waals surface area contributed by atoms with Gasteiger partial charge in [-0.25, -0.2) is 9.97 Å². The number of rotatable bonds is 1. The van der Waals surface area contributed by atoms with E-state index in [1.807, 2.05) is 36.4 Å². The minimum Gasteiger partial charge on any atom is -0.337 e. The van der Waals surface area contributed by atoms with Crippen LogP contribution in [0.4, 0.5) is 0 Å². The summed E-state index contributed by atoms with van der Waals surface area (Å²) in [4.78, 5) is 28.3. The van der Waals surface area contributed by atoms with Crippen LogP contribution in [0.15, 0.2) is 42.6 Å². The number of H-pyrrole nitrogens is 2. The van der Waals surface area contributed by atoms with E-state index < -0.39 is 0 Å². The van der Waals surface area contributed by atoms with Gasteiger partial charge in [0.2, 0.25) is 0 Å². The number of hydrogen-bond acceptors (Lipinski definition) is 5. The van der Waals surface area contributed by atoms with E-state index in [4.69, 9.17) is 9.59 Å². The van der Waals surface area contributed by atoms with Crippen molar-refractivity contribution >= 4 is 28.2 Å². The smallest absolute Gasteiger partial charge is 0.337 e. The zero-order valence-corrected chi connectivity index (χ0v) is 10.7. The Labute approximate surface area is 118 Å². The fourth-order valence-corrected chi connectivity index (χ4v) is 2.10. The van der Waals surface area contributed by atoms with Crippen molar-refractivity contribution in [1.29, 1.82) is 0 Å². The number of aromatic amines is 2. The molecule has 0 unspecified atom stereocenters. The normalized spacial score (nSPS) is 10.1. The predicted octanol–water partition coefficient (Wildman–Crippen LogP) is 1.92. The number of fused-ring (bicyclic) bond motifs is 2. The van der Waals surface area contributed by atoms with Gasteiger partial charge < -0.3 is 4.98 Å². The highest BCUT2D eigenvalue weighted by molar-refractivity contribution is 5.90. The second kappa shape index (κ2) is 5.36. The Morgan fingerprint density at radius 2 is 1.86 bits per heavy atom. The molecule has 1 aromatic carbocycles. The van der Waals surface area contributed by atoms with E-state index in [0.29, 0.717) is 5.65 Å². The van der Waals surface area contributed by atoms with E-state index in [1.165, 1.54) is 0 Å². The fourth-order valence-electron chi connectivity index (χ4n) is 2.10. The van der Waals surface area contributed by atoms with Crippen LogP contribution < -0.4 is 0 Å². The quantitative estimate of drug-likeness (QED) is 0.554. The van der Waals surface area contributed by atoms with Gasteiger partial charge in [-0.2, -0.15) is 14.7 Å². The van der Waals surface area contributed by atoms with Crippen molar-refractivity contribution in [3.05, 3.63) is 42.6 Å². The topological polar surface area (TPSA) is 104 Å². The van der Waals surface area contributed by atoms with Crippen molar-refractivity contribution in [2.24, 2.45) is 0 Å². The lowest BCUT2D eigenvalue weighted by Gasteiger charge is -1.91. The number of benzene rings is 1. The second-order valence-corrected chi connectivity index (χ2v) is 4.16. The molecule has 0 atom stereocenters. The SMILES string of the molecule is O=C=O.c1ccc2[nH]c(-c3[nH]nc4ncccc34)nc2c1. The van der Waals surface area contributed by atoms with Crippen molar-refractivity contribution in [1.82, 2.24) is 25.1 Å². The van der Waals surface area contributed by atoms with Gasteiger partial charge >= 0.3 is 6.15 Å². The first-order valence-corrected chi connectivity index (χ1v) is 6.07. The van der Waals surface area contributed by atoms with E-state index in [2.05, 4.69) is 25.1 Å². The van der Waals surface area contributed by atoms with Gasteiger partial charge in [-0.1, -0.05) is 12.1 Å². The lowest BCUT2D eigenvalue weighted by Crippen LogP contribution is -1.81. The van der Waals surface area contributed by atoms with Crippen molar-refractivity contribution < 1.29 is 9.59 Å². The van der Waals surface area contributed by atoms with Gasteiger partial charge in [0.15, 0.2) is 11.5 Å². The molecule has 2 N–H and O–H groups in total. The van der Waals surface area contributed by atoms with Crippen LogP contribution in [0.25, 0.3) is 33.6 Å². The van der Waals surface area contributed by atoms with Crippen LogP contribution in [0.5, 0.6) is 0 Å². The van der Waals surface area contributed by atoms with Crippen LogP contribution in [-0.2, 0) is 9.59 Å². The van der Waals surface area contributed by atoms with Gasteiger partial charge in [0.1, 0.15) is 5.69 Å². The molecule has 3 heterocycles. The Kier molecular flexibility index (Phi) is 3.24. The molecule has 0 bridgehead atoms. The molecule has 0 aliphatic heterocycles. The third kappa shape index (κ3) is 2.29. The van der Waals surface area contributed by atoms with Gasteiger partial charge in [-0.15, -0.1) is 0 Å². The van der Waals surface area contributed by atoms with E-state index >= 15 is 0 Å². The van der Waals surface area contributed by atoms with E-state index in [0.717, 1.165) is 27.9 Å². The number of aromatic nitrogens is 5. The average Bonchev–Trinajstić information content (AvgIpc) is 3.11. The molecule has 7 heteroatoms. The molecule has 102 valence electrons. The second-order valence-electron chi connectivity index (χ2n) is 4.16. The van der Waals surface area contributed by atoms with Gasteiger partial charge in [-0.05, 0) is 24.3 Å². The third-order valence-electron chi connectivity index (χ3n) is 2.96. The largest absolute Gasteiger partial charge is 0.373 e. The summed E-state index contributed by atoms with van der Waals surface area (Å²) in [5.74, 6) is 0.784. The highest BCUT2D eigenvalue weighted by Gasteiger charge is 2.11. The Balaban J connectivity index is 0.000000409. The van der Waals surface area contributed by atoms with Crippen molar-refractivity contribution in [2.45, 2.75) is 0 Å². The first-order chi connectivity index (χ1) is 10.3. The number of para-hydroxylation sites is 2. The Bertz CT molecular complexity index is 902. The zero-order chi connectivity index (χ0) is 14.7. The molecule has 21 heavy (non-hydrogen) atoms. The summed E-state index contributed by atoms with van der Waals surface area (Å²) >= 11 is 0. The number of pyridine rings is 1. The summed E-state index contributed by atoms with van der Waals surface area (Å²) in [6.07, 6.45) is 1.98. The lowest BCUT2D eigenvalue weighted by molar-refractivity contribution is -0.191. The summed E-state index contributed by atoms with van der Waals surface area (Å²) < 4.78 is 0. The highest BCUT2D eigenvalue weighted by Crippen LogP contribution is 2.24. The minimum atomic E-state index is 0.250. The first kappa shape index (κ1) is 12.7. The van der Waals surface area contributed by atoms with Crippen molar-refractivity contribution in [2.75, 3.05) is 0 Å². The molecule has 0 aliphatic carbocycles. The minimum absolute atomic E-state index is 0.250. The fraction of sp³-hybridized carbons (Fsp3) is 0. The average molecular weight is 279 g/mol. The monoisotopic (exact) mass is 279 g/mol. The summed E-state index contributed by atoms with van der Waals surface area (Å²) in [7, 11) is 0. The molecule has 0 aliphatic rings. The van der Waals surface area contributed by atoms with E-state index in [-0.39, 0.29) is 6.15 Å². The summed E-state index contributed by atoms with van der Waals surface area (Å²) in [6.45, 7) is 0. The summed E-state index contributed by atoms with van der Waals surface area (Å²) in [5.41, 5.74) is 3.53. The van der Waals surface area contributed by atoms with Gasteiger partial charge in [0, 0.05) is 11.6 Å². The van der Waals surface area contributed by atoms with Crippen LogP contribution in [0.2, 0.25) is 0 Å². The number of nitrogens with zero attached hydrogens (tertiary/aromatic N) is 3.